The third-order valence-electron chi connectivity index (χ3n) is 5.06. The summed E-state index contributed by atoms with van der Waals surface area (Å²) < 4.78 is 5.32. The number of amides is 1. The topological polar surface area (TPSA) is 38.3 Å². The van der Waals surface area contributed by atoms with E-state index >= 15 is 0 Å². The lowest BCUT2D eigenvalue weighted by Gasteiger charge is -2.27. The Morgan fingerprint density at radius 1 is 1.08 bits per heavy atom. The summed E-state index contributed by atoms with van der Waals surface area (Å²) in [6.07, 6.45) is 3.10. The summed E-state index contributed by atoms with van der Waals surface area (Å²) in [5, 5.41) is 3.24. The molecular weight excluding hydrogens is 298 g/mol. The molecule has 0 unspecified atom stereocenters. The standard InChI is InChI=1S/C21H25NO2/c1-13-10-15(3)19(11-14(13)2)21(23)22-20-7-5-6-16-12-17(24-4)8-9-18(16)20/h8-12,20H,5-7H2,1-4H3,(H,22,23)/t20-/m1/s1. The largest absolute Gasteiger partial charge is 0.497 e. The van der Waals surface area contributed by atoms with Gasteiger partial charge < -0.3 is 10.1 Å². The van der Waals surface area contributed by atoms with Crippen LogP contribution >= 0.6 is 0 Å². The zero-order valence-electron chi connectivity index (χ0n) is 14.9. The molecule has 3 rings (SSSR count). The van der Waals surface area contributed by atoms with Crippen LogP contribution in [-0.4, -0.2) is 13.0 Å². The highest BCUT2D eigenvalue weighted by Gasteiger charge is 2.23. The maximum Gasteiger partial charge on any atom is 0.252 e. The minimum Gasteiger partial charge on any atom is -0.497 e. The van der Waals surface area contributed by atoms with Crippen molar-refractivity contribution in [1.82, 2.24) is 5.32 Å². The first-order chi connectivity index (χ1) is 11.5. The van der Waals surface area contributed by atoms with E-state index in [0.29, 0.717) is 0 Å². The summed E-state index contributed by atoms with van der Waals surface area (Å²) >= 11 is 0. The third kappa shape index (κ3) is 3.16. The van der Waals surface area contributed by atoms with E-state index in [2.05, 4.69) is 30.4 Å². The fourth-order valence-electron chi connectivity index (χ4n) is 3.51. The molecule has 1 amide bonds. The molecule has 0 saturated carbocycles. The first-order valence-electron chi connectivity index (χ1n) is 8.55. The molecule has 1 aliphatic carbocycles. The fraction of sp³-hybridized carbons (Fsp3) is 0.381. The summed E-state index contributed by atoms with van der Waals surface area (Å²) in [5.74, 6) is 0.898. The van der Waals surface area contributed by atoms with Gasteiger partial charge in [-0.15, -0.1) is 0 Å². The van der Waals surface area contributed by atoms with E-state index in [-0.39, 0.29) is 11.9 Å². The molecule has 1 aliphatic rings. The van der Waals surface area contributed by atoms with Crippen LogP contribution in [0.3, 0.4) is 0 Å². The summed E-state index contributed by atoms with van der Waals surface area (Å²) in [4.78, 5) is 12.8. The van der Waals surface area contributed by atoms with E-state index in [1.165, 1.54) is 16.7 Å². The van der Waals surface area contributed by atoms with Crippen LogP contribution in [-0.2, 0) is 6.42 Å². The molecule has 3 heteroatoms. The van der Waals surface area contributed by atoms with Gasteiger partial charge in [0.2, 0.25) is 0 Å². The Labute approximate surface area is 144 Å². The lowest BCUT2D eigenvalue weighted by atomic mass is 9.87. The zero-order chi connectivity index (χ0) is 17.3. The number of fused-ring (bicyclic) bond motifs is 1. The Morgan fingerprint density at radius 2 is 1.83 bits per heavy atom. The molecule has 2 aromatic rings. The quantitative estimate of drug-likeness (QED) is 0.907. The van der Waals surface area contributed by atoms with Gasteiger partial charge in [-0.1, -0.05) is 12.1 Å². The van der Waals surface area contributed by atoms with Gasteiger partial charge in [0.1, 0.15) is 5.75 Å². The number of methoxy groups -OCH3 is 1. The van der Waals surface area contributed by atoms with Crippen LogP contribution in [0.4, 0.5) is 0 Å². The highest BCUT2D eigenvalue weighted by Crippen LogP contribution is 2.32. The number of carbonyl (C=O) groups excluding carboxylic acids is 1. The number of benzene rings is 2. The van der Waals surface area contributed by atoms with Crippen LogP contribution in [0.25, 0.3) is 0 Å². The van der Waals surface area contributed by atoms with E-state index in [9.17, 15) is 4.79 Å². The van der Waals surface area contributed by atoms with Crippen molar-refractivity contribution in [3.63, 3.8) is 0 Å². The monoisotopic (exact) mass is 323 g/mol. The lowest BCUT2D eigenvalue weighted by molar-refractivity contribution is 0.0932. The number of hydrogen-bond donors (Lipinski definition) is 1. The van der Waals surface area contributed by atoms with Crippen molar-refractivity contribution < 1.29 is 9.53 Å². The molecule has 0 radical (unpaired) electrons. The molecule has 2 aromatic carbocycles. The highest BCUT2D eigenvalue weighted by atomic mass is 16.5. The van der Waals surface area contributed by atoms with Gasteiger partial charge in [-0.3, -0.25) is 4.79 Å². The Balaban J connectivity index is 1.85. The smallest absolute Gasteiger partial charge is 0.252 e. The van der Waals surface area contributed by atoms with Crippen molar-refractivity contribution in [3.05, 3.63) is 63.7 Å². The maximum atomic E-state index is 12.8. The molecule has 24 heavy (non-hydrogen) atoms. The predicted molar refractivity (Wildman–Crippen MR) is 96.8 cm³/mol. The summed E-state index contributed by atoms with van der Waals surface area (Å²) in [5.41, 5.74) is 6.68. The van der Waals surface area contributed by atoms with Crippen LogP contribution in [0.15, 0.2) is 30.3 Å². The Kier molecular flexibility index (Phi) is 4.61. The lowest BCUT2D eigenvalue weighted by Crippen LogP contribution is -2.31. The van der Waals surface area contributed by atoms with Crippen molar-refractivity contribution in [2.75, 3.05) is 7.11 Å². The van der Waals surface area contributed by atoms with Crippen LogP contribution in [0.5, 0.6) is 5.75 Å². The van der Waals surface area contributed by atoms with Crippen molar-refractivity contribution in [2.24, 2.45) is 0 Å². The molecule has 1 atom stereocenters. The first kappa shape index (κ1) is 16.6. The second-order valence-corrected chi connectivity index (χ2v) is 6.73. The third-order valence-corrected chi connectivity index (χ3v) is 5.06. The Bertz CT molecular complexity index is 780. The fourth-order valence-corrected chi connectivity index (χ4v) is 3.51. The van der Waals surface area contributed by atoms with Gasteiger partial charge >= 0.3 is 0 Å². The molecule has 0 heterocycles. The average molecular weight is 323 g/mol. The van der Waals surface area contributed by atoms with Crippen LogP contribution < -0.4 is 10.1 Å². The summed E-state index contributed by atoms with van der Waals surface area (Å²) in [7, 11) is 1.69. The number of ether oxygens (including phenoxy) is 1. The highest BCUT2D eigenvalue weighted by molar-refractivity contribution is 5.96. The molecule has 126 valence electrons. The number of nitrogens with one attached hydrogen (secondary N) is 1. The van der Waals surface area contributed by atoms with Crippen molar-refractivity contribution in [2.45, 2.75) is 46.1 Å². The van der Waals surface area contributed by atoms with Gasteiger partial charge in [0, 0.05) is 5.56 Å². The second kappa shape index (κ2) is 6.68. The maximum absolute atomic E-state index is 12.8. The summed E-state index contributed by atoms with van der Waals surface area (Å²) in [6, 6.07) is 10.3. The van der Waals surface area contributed by atoms with Crippen LogP contribution in [0.2, 0.25) is 0 Å². The molecule has 3 nitrogen and oxygen atoms in total. The van der Waals surface area contributed by atoms with E-state index in [4.69, 9.17) is 4.74 Å². The van der Waals surface area contributed by atoms with E-state index in [1.54, 1.807) is 7.11 Å². The number of hydrogen-bond acceptors (Lipinski definition) is 2. The van der Waals surface area contributed by atoms with Gasteiger partial charge in [0.05, 0.1) is 13.2 Å². The molecule has 0 bridgehead atoms. The molecule has 0 saturated heterocycles. The minimum absolute atomic E-state index is 0.0178. The van der Waals surface area contributed by atoms with E-state index in [0.717, 1.165) is 41.7 Å². The molecule has 0 fully saturated rings. The van der Waals surface area contributed by atoms with Gasteiger partial charge in [-0.2, -0.15) is 0 Å². The van der Waals surface area contributed by atoms with Gasteiger partial charge in [-0.05, 0) is 86.1 Å². The number of rotatable bonds is 3. The normalized spacial score (nSPS) is 16.4. The second-order valence-electron chi connectivity index (χ2n) is 6.73. The van der Waals surface area contributed by atoms with Crippen molar-refractivity contribution >= 4 is 5.91 Å². The molecular formula is C21H25NO2. The SMILES string of the molecule is COc1ccc2c(c1)CCC[C@H]2NC(=O)c1cc(C)c(C)cc1C. The van der Waals surface area contributed by atoms with Crippen molar-refractivity contribution in [1.29, 1.82) is 0 Å². The minimum atomic E-state index is 0.0178. The van der Waals surface area contributed by atoms with Crippen LogP contribution in [0.1, 0.15) is 57.1 Å². The average Bonchev–Trinajstić information content (AvgIpc) is 2.57. The van der Waals surface area contributed by atoms with E-state index in [1.807, 2.05) is 26.0 Å². The molecule has 0 aliphatic heterocycles. The van der Waals surface area contributed by atoms with Gasteiger partial charge in [0.25, 0.3) is 5.91 Å². The summed E-state index contributed by atoms with van der Waals surface area (Å²) in [6.45, 7) is 6.13. The number of carbonyl (C=O) groups is 1. The van der Waals surface area contributed by atoms with Gasteiger partial charge in [-0.25, -0.2) is 0 Å². The van der Waals surface area contributed by atoms with Crippen molar-refractivity contribution in [3.8, 4) is 5.75 Å². The van der Waals surface area contributed by atoms with E-state index < -0.39 is 0 Å². The van der Waals surface area contributed by atoms with Crippen LogP contribution in [0, 0.1) is 20.8 Å². The molecule has 0 spiro atoms. The molecule has 1 N–H and O–H groups in total. The zero-order valence-corrected chi connectivity index (χ0v) is 14.9. The first-order valence-corrected chi connectivity index (χ1v) is 8.55. The Morgan fingerprint density at radius 3 is 2.58 bits per heavy atom. The number of aryl methyl sites for hydroxylation is 4. The van der Waals surface area contributed by atoms with Gasteiger partial charge in [0.15, 0.2) is 0 Å². The molecule has 0 aromatic heterocycles. The predicted octanol–water partition coefficient (Wildman–Crippen LogP) is 4.43. The Hall–Kier alpha value is -2.29.